The van der Waals surface area contributed by atoms with E-state index in [1.165, 1.54) is 18.5 Å². The van der Waals surface area contributed by atoms with Crippen molar-refractivity contribution < 1.29 is 23.1 Å². The number of sulfonamides is 1. The maximum Gasteiger partial charge on any atom is 0.327 e. The number of hydrogen-bond acceptors (Lipinski definition) is 4. The highest BCUT2D eigenvalue weighted by atomic mass is 32.2. The smallest absolute Gasteiger partial charge is 0.327 e. The van der Waals surface area contributed by atoms with Crippen LogP contribution in [0.5, 0.6) is 0 Å². The maximum absolute atomic E-state index is 11.9. The molecule has 0 spiro atoms. The van der Waals surface area contributed by atoms with Crippen molar-refractivity contribution in [1.29, 1.82) is 0 Å². The number of aliphatic carboxylic acids is 1. The average molecular weight is 260 g/mol. The van der Waals surface area contributed by atoms with Gasteiger partial charge in [-0.05, 0) is 6.07 Å². The van der Waals surface area contributed by atoms with Crippen molar-refractivity contribution in [3.63, 3.8) is 0 Å². The van der Waals surface area contributed by atoms with Gasteiger partial charge in [0.2, 0.25) is 10.0 Å². The summed E-state index contributed by atoms with van der Waals surface area (Å²) in [5.74, 6) is -1.23. The van der Waals surface area contributed by atoms with E-state index < -0.39 is 21.5 Å². The molecule has 94 valence electrons. The van der Waals surface area contributed by atoms with Crippen molar-refractivity contribution in [3.05, 3.63) is 18.5 Å². The molecule has 1 aromatic rings. The summed E-state index contributed by atoms with van der Waals surface area (Å²) in [6.45, 7) is 0.0634. The molecule has 17 heavy (non-hydrogen) atoms. The summed E-state index contributed by atoms with van der Waals surface area (Å²) in [6.07, 6.45) is 2.85. The Balaban J connectivity index is 2.28. The second kappa shape index (κ2) is 4.13. The Morgan fingerprint density at radius 2 is 2.35 bits per heavy atom. The Morgan fingerprint density at radius 3 is 2.82 bits per heavy atom. The minimum Gasteiger partial charge on any atom is -0.480 e. The minimum atomic E-state index is -3.85. The number of ether oxygens (including phenoxy) is 1. The van der Waals surface area contributed by atoms with Crippen LogP contribution in [0.2, 0.25) is 0 Å². The summed E-state index contributed by atoms with van der Waals surface area (Å²) in [7, 11) is -3.85. The summed E-state index contributed by atoms with van der Waals surface area (Å²) in [6, 6.07) is 1.35. The van der Waals surface area contributed by atoms with E-state index in [4.69, 9.17) is 9.84 Å². The van der Waals surface area contributed by atoms with E-state index in [9.17, 15) is 13.2 Å². The van der Waals surface area contributed by atoms with E-state index in [-0.39, 0.29) is 24.5 Å². The van der Waals surface area contributed by atoms with Crippen LogP contribution in [0.4, 0.5) is 0 Å². The molecule has 1 atom stereocenters. The molecule has 2 heterocycles. The summed E-state index contributed by atoms with van der Waals surface area (Å²) in [5, 5.41) is 9.11. The lowest BCUT2D eigenvalue weighted by Crippen LogP contribution is -2.54. The quantitative estimate of drug-likeness (QED) is 0.678. The molecule has 0 radical (unpaired) electrons. The van der Waals surface area contributed by atoms with Crippen LogP contribution in [0, 0.1) is 0 Å². The third kappa shape index (κ3) is 2.19. The zero-order valence-electron chi connectivity index (χ0n) is 8.84. The van der Waals surface area contributed by atoms with Crippen LogP contribution in [0.3, 0.4) is 0 Å². The number of H-pyrrole nitrogens is 1. The lowest BCUT2D eigenvalue weighted by molar-refractivity contribution is -0.144. The van der Waals surface area contributed by atoms with Crippen molar-refractivity contribution >= 4 is 16.0 Å². The summed E-state index contributed by atoms with van der Waals surface area (Å²) in [5.41, 5.74) is -1.56. The molecule has 1 saturated heterocycles. The summed E-state index contributed by atoms with van der Waals surface area (Å²) >= 11 is 0. The molecule has 2 rings (SSSR count). The molecule has 0 amide bonds. The Hall–Kier alpha value is -1.38. The summed E-state index contributed by atoms with van der Waals surface area (Å²) in [4.78, 5) is 13.8. The fraction of sp³-hybridized carbons (Fsp3) is 0.444. The topological polar surface area (TPSA) is 108 Å². The molecule has 1 fully saturated rings. The Morgan fingerprint density at radius 1 is 1.59 bits per heavy atom. The largest absolute Gasteiger partial charge is 0.480 e. The minimum absolute atomic E-state index is 0.00465. The van der Waals surface area contributed by atoms with Gasteiger partial charge in [-0.15, -0.1) is 0 Å². The van der Waals surface area contributed by atoms with Crippen LogP contribution >= 0.6 is 0 Å². The van der Waals surface area contributed by atoms with Gasteiger partial charge in [0.15, 0.2) is 5.54 Å². The molecule has 0 saturated carbocycles. The predicted octanol–water partition coefficient (Wildman–Crippen LogP) is -0.463. The Bertz CT molecular complexity index is 501. The van der Waals surface area contributed by atoms with Gasteiger partial charge in [-0.25, -0.2) is 8.42 Å². The van der Waals surface area contributed by atoms with Crippen molar-refractivity contribution in [2.45, 2.75) is 16.9 Å². The van der Waals surface area contributed by atoms with Crippen LogP contribution in [0.15, 0.2) is 23.4 Å². The van der Waals surface area contributed by atoms with Gasteiger partial charge in [0.05, 0.1) is 11.5 Å². The number of aromatic amines is 1. The van der Waals surface area contributed by atoms with E-state index >= 15 is 0 Å². The number of aromatic nitrogens is 1. The summed E-state index contributed by atoms with van der Waals surface area (Å²) < 4.78 is 31.0. The van der Waals surface area contributed by atoms with E-state index in [0.29, 0.717) is 0 Å². The number of nitrogens with one attached hydrogen (secondary N) is 2. The lowest BCUT2D eigenvalue weighted by atomic mass is 10.0. The number of carboxylic acids is 1. The van der Waals surface area contributed by atoms with E-state index in [2.05, 4.69) is 9.71 Å². The van der Waals surface area contributed by atoms with Gasteiger partial charge < -0.3 is 14.8 Å². The molecule has 0 aromatic carbocycles. The van der Waals surface area contributed by atoms with Gasteiger partial charge >= 0.3 is 5.97 Å². The van der Waals surface area contributed by atoms with E-state index in [1.807, 2.05) is 0 Å². The van der Waals surface area contributed by atoms with Gasteiger partial charge in [-0.2, -0.15) is 4.72 Å². The third-order valence-electron chi connectivity index (χ3n) is 2.64. The Labute approximate surface area is 97.8 Å². The molecular weight excluding hydrogens is 248 g/mol. The van der Waals surface area contributed by atoms with Gasteiger partial charge in [0.1, 0.15) is 0 Å². The fourth-order valence-corrected chi connectivity index (χ4v) is 3.00. The molecule has 0 aliphatic carbocycles. The molecule has 1 aromatic heterocycles. The Kier molecular flexibility index (Phi) is 2.94. The van der Waals surface area contributed by atoms with Crippen LogP contribution in [-0.4, -0.2) is 43.2 Å². The second-order valence-electron chi connectivity index (χ2n) is 3.84. The van der Waals surface area contributed by atoms with Crippen molar-refractivity contribution in [1.82, 2.24) is 9.71 Å². The van der Waals surface area contributed by atoms with Crippen LogP contribution in [-0.2, 0) is 19.6 Å². The number of carbonyl (C=O) groups is 1. The first kappa shape index (κ1) is 12.1. The molecular formula is C9H12N2O5S. The van der Waals surface area contributed by atoms with Crippen molar-refractivity contribution in [2.75, 3.05) is 13.2 Å². The highest BCUT2D eigenvalue weighted by Gasteiger charge is 2.46. The highest BCUT2D eigenvalue weighted by molar-refractivity contribution is 7.89. The molecule has 8 heteroatoms. The zero-order chi connectivity index (χ0) is 12.5. The van der Waals surface area contributed by atoms with Gasteiger partial charge in [0, 0.05) is 25.4 Å². The number of hydrogen-bond donors (Lipinski definition) is 3. The number of rotatable bonds is 4. The molecule has 7 nitrogen and oxygen atoms in total. The first-order valence-electron chi connectivity index (χ1n) is 4.94. The highest BCUT2D eigenvalue weighted by Crippen LogP contribution is 2.22. The third-order valence-corrected chi connectivity index (χ3v) is 4.17. The first-order valence-corrected chi connectivity index (χ1v) is 6.42. The first-order chi connectivity index (χ1) is 7.96. The predicted molar refractivity (Wildman–Crippen MR) is 56.9 cm³/mol. The monoisotopic (exact) mass is 260 g/mol. The standard InChI is InChI=1S/C9H12N2O5S/c12-8(13)9(2-4-16-6-9)11-17(14,15)7-1-3-10-5-7/h1,3,5,10-11H,2,4,6H2,(H,12,13). The SMILES string of the molecule is O=C(O)C1(NS(=O)(=O)c2cc[nH]c2)CCOC1. The lowest BCUT2D eigenvalue weighted by Gasteiger charge is -2.22. The van der Waals surface area contributed by atoms with Crippen molar-refractivity contribution in [2.24, 2.45) is 0 Å². The molecule has 1 unspecified atom stereocenters. The second-order valence-corrected chi connectivity index (χ2v) is 5.52. The van der Waals surface area contributed by atoms with Crippen LogP contribution in [0.25, 0.3) is 0 Å². The zero-order valence-corrected chi connectivity index (χ0v) is 9.66. The van der Waals surface area contributed by atoms with Gasteiger partial charge in [-0.1, -0.05) is 0 Å². The van der Waals surface area contributed by atoms with Gasteiger partial charge in [0.25, 0.3) is 0 Å². The molecule has 0 bridgehead atoms. The molecule has 1 aliphatic heterocycles. The molecule has 3 N–H and O–H groups in total. The van der Waals surface area contributed by atoms with Crippen molar-refractivity contribution in [3.8, 4) is 0 Å². The fourth-order valence-electron chi connectivity index (χ4n) is 1.65. The molecule has 1 aliphatic rings. The van der Waals surface area contributed by atoms with E-state index in [1.54, 1.807) is 0 Å². The number of carboxylic acid groups (broad SMARTS) is 1. The van der Waals surface area contributed by atoms with E-state index in [0.717, 1.165) is 0 Å². The van der Waals surface area contributed by atoms with Crippen LogP contribution in [0.1, 0.15) is 6.42 Å². The normalized spacial score (nSPS) is 24.9. The van der Waals surface area contributed by atoms with Crippen LogP contribution < -0.4 is 4.72 Å². The maximum atomic E-state index is 11.9. The average Bonchev–Trinajstić information content (AvgIpc) is 2.86. The van der Waals surface area contributed by atoms with Gasteiger partial charge in [-0.3, -0.25) is 4.79 Å².